The molecular weight excluding hydrogens is 280 g/mol. The molecule has 0 aliphatic carbocycles. The van der Waals surface area contributed by atoms with Crippen molar-refractivity contribution in [3.8, 4) is 11.4 Å². The highest BCUT2D eigenvalue weighted by molar-refractivity contribution is 7.90. The van der Waals surface area contributed by atoms with E-state index in [1.54, 1.807) is 0 Å². The van der Waals surface area contributed by atoms with Gasteiger partial charge in [-0.15, -0.1) is 0 Å². The van der Waals surface area contributed by atoms with Crippen molar-refractivity contribution in [1.82, 2.24) is 10.1 Å². The Morgan fingerprint density at radius 1 is 1.37 bits per heavy atom. The van der Waals surface area contributed by atoms with Crippen molar-refractivity contribution in [2.45, 2.75) is 11.4 Å². The molecule has 102 valence electrons. The SMILES string of the molecule is CS(=O)(=O)c1cc(F)c(F)c(-c2noc(CN)n2)c1. The highest BCUT2D eigenvalue weighted by Crippen LogP contribution is 2.26. The van der Waals surface area contributed by atoms with Gasteiger partial charge in [0, 0.05) is 6.26 Å². The number of nitrogens with zero attached hydrogens (tertiary/aromatic N) is 2. The molecule has 0 atom stereocenters. The van der Waals surface area contributed by atoms with E-state index in [4.69, 9.17) is 5.73 Å². The van der Waals surface area contributed by atoms with Crippen LogP contribution in [0.2, 0.25) is 0 Å². The summed E-state index contributed by atoms with van der Waals surface area (Å²) >= 11 is 0. The number of benzene rings is 1. The van der Waals surface area contributed by atoms with E-state index >= 15 is 0 Å². The summed E-state index contributed by atoms with van der Waals surface area (Å²) < 4.78 is 54.4. The molecule has 0 radical (unpaired) electrons. The van der Waals surface area contributed by atoms with Gasteiger partial charge in [0.05, 0.1) is 17.0 Å². The molecule has 1 aromatic carbocycles. The molecule has 0 spiro atoms. The van der Waals surface area contributed by atoms with Crippen molar-refractivity contribution >= 4 is 9.84 Å². The fraction of sp³-hybridized carbons (Fsp3) is 0.200. The van der Waals surface area contributed by atoms with Gasteiger partial charge in [-0.2, -0.15) is 4.98 Å². The number of hydrogen-bond acceptors (Lipinski definition) is 6. The zero-order valence-corrected chi connectivity index (χ0v) is 10.5. The van der Waals surface area contributed by atoms with Gasteiger partial charge >= 0.3 is 0 Å². The molecule has 6 nitrogen and oxygen atoms in total. The van der Waals surface area contributed by atoms with E-state index in [1.807, 2.05) is 0 Å². The molecule has 0 bridgehead atoms. The van der Waals surface area contributed by atoms with Gasteiger partial charge in [-0.1, -0.05) is 5.16 Å². The van der Waals surface area contributed by atoms with Crippen LogP contribution in [0.5, 0.6) is 0 Å². The predicted octanol–water partition coefficient (Wildman–Crippen LogP) is 0.877. The van der Waals surface area contributed by atoms with Gasteiger partial charge < -0.3 is 10.3 Å². The number of rotatable bonds is 3. The molecule has 0 amide bonds. The van der Waals surface area contributed by atoms with E-state index < -0.39 is 27.0 Å². The lowest BCUT2D eigenvalue weighted by molar-refractivity contribution is 0.380. The monoisotopic (exact) mass is 289 g/mol. The molecular formula is C10H9F2N3O3S. The topological polar surface area (TPSA) is 99.1 Å². The third kappa shape index (κ3) is 2.61. The van der Waals surface area contributed by atoms with Gasteiger partial charge in [0.25, 0.3) is 0 Å². The van der Waals surface area contributed by atoms with Crippen molar-refractivity contribution in [2.24, 2.45) is 5.73 Å². The molecule has 0 saturated carbocycles. The van der Waals surface area contributed by atoms with Crippen molar-refractivity contribution < 1.29 is 21.7 Å². The van der Waals surface area contributed by atoms with Crippen LogP contribution in [0, 0.1) is 11.6 Å². The van der Waals surface area contributed by atoms with E-state index in [0.29, 0.717) is 6.07 Å². The van der Waals surface area contributed by atoms with Gasteiger partial charge in [-0.3, -0.25) is 0 Å². The summed E-state index contributed by atoms with van der Waals surface area (Å²) in [6, 6.07) is 1.54. The lowest BCUT2D eigenvalue weighted by atomic mass is 10.2. The predicted molar refractivity (Wildman–Crippen MR) is 60.7 cm³/mol. The average Bonchev–Trinajstić information content (AvgIpc) is 2.79. The number of nitrogens with two attached hydrogens (primary N) is 1. The minimum absolute atomic E-state index is 0.0274. The first-order valence-corrected chi connectivity index (χ1v) is 6.94. The van der Waals surface area contributed by atoms with E-state index in [2.05, 4.69) is 14.7 Å². The maximum absolute atomic E-state index is 13.6. The van der Waals surface area contributed by atoms with Gasteiger partial charge in [0.2, 0.25) is 11.7 Å². The molecule has 1 aromatic heterocycles. The Kier molecular flexibility index (Phi) is 3.33. The van der Waals surface area contributed by atoms with E-state index in [-0.39, 0.29) is 23.2 Å². The standard InChI is InChI=1S/C10H9F2N3O3S/c1-19(16,17)5-2-6(9(12)7(11)3-5)10-14-8(4-13)18-15-10/h2-3H,4,13H2,1H3. The first-order valence-electron chi connectivity index (χ1n) is 5.05. The van der Waals surface area contributed by atoms with E-state index in [9.17, 15) is 17.2 Å². The average molecular weight is 289 g/mol. The summed E-state index contributed by atoms with van der Waals surface area (Å²) in [4.78, 5) is 3.35. The second-order valence-electron chi connectivity index (χ2n) is 3.75. The number of hydrogen-bond donors (Lipinski definition) is 1. The molecule has 2 aromatic rings. The summed E-state index contributed by atoms with van der Waals surface area (Å²) in [6.07, 6.45) is 0.880. The number of sulfone groups is 1. The summed E-state index contributed by atoms with van der Waals surface area (Å²) in [5.41, 5.74) is 4.85. The summed E-state index contributed by atoms with van der Waals surface area (Å²) in [5.74, 6) is -2.80. The van der Waals surface area contributed by atoms with Crippen molar-refractivity contribution in [1.29, 1.82) is 0 Å². The maximum atomic E-state index is 13.6. The zero-order chi connectivity index (χ0) is 14.2. The normalized spacial score (nSPS) is 11.8. The molecule has 0 fully saturated rings. The Bertz CT molecular complexity index is 728. The molecule has 0 aliphatic rings. The van der Waals surface area contributed by atoms with Crippen LogP contribution >= 0.6 is 0 Å². The highest BCUT2D eigenvalue weighted by Gasteiger charge is 2.20. The lowest BCUT2D eigenvalue weighted by Crippen LogP contribution is -2.02. The molecule has 9 heteroatoms. The van der Waals surface area contributed by atoms with E-state index in [1.165, 1.54) is 0 Å². The van der Waals surface area contributed by atoms with Crippen LogP contribution in [-0.2, 0) is 16.4 Å². The third-order valence-electron chi connectivity index (χ3n) is 2.31. The second kappa shape index (κ2) is 4.67. The molecule has 1 heterocycles. The van der Waals surface area contributed by atoms with Gasteiger partial charge in [0.15, 0.2) is 21.5 Å². The Morgan fingerprint density at radius 2 is 2.05 bits per heavy atom. The Morgan fingerprint density at radius 3 is 2.58 bits per heavy atom. The van der Waals surface area contributed by atoms with Crippen LogP contribution in [0.1, 0.15) is 5.89 Å². The summed E-state index contributed by atoms with van der Waals surface area (Å²) in [6.45, 7) is -0.0666. The first kappa shape index (κ1) is 13.6. The molecule has 0 aliphatic heterocycles. The minimum Gasteiger partial charge on any atom is -0.338 e. The Hall–Kier alpha value is -1.87. The van der Waals surface area contributed by atoms with Crippen molar-refractivity contribution in [3.05, 3.63) is 29.7 Å². The maximum Gasteiger partial charge on any atom is 0.240 e. The quantitative estimate of drug-likeness (QED) is 0.842. The van der Waals surface area contributed by atoms with Crippen LogP contribution in [0.15, 0.2) is 21.6 Å². The molecule has 19 heavy (non-hydrogen) atoms. The van der Waals surface area contributed by atoms with Crippen molar-refractivity contribution in [3.63, 3.8) is 0 Å². The first-order chi connectivity index (χ1) is 8.82. The van der Waals surface area contributed by atoms with Crippen LogP contribution in [0.4, 0.5) is 8.78 Å². The second-order valence-corrected chi connectivity index (χ2v) is 5.77. The smallest absolute Gasteiger partial charge is 0.240 e. The highest BCUT2D eigenvalue weighted by atomic mass is 32.2. The van der Waals surface area contributed by atoms with Crippen LogP contribution in [0.25, 0.3) is 11.4 Å². The number of aromatic nitrogens is 2. The largest absolute Gasteiger partial charge is 0.338 e. The molecule has 0 saturated heterocycles. The molecule has 0 unspecified atom stereocenters. The van der Waals surface area contributed by atoms with Crippen LogP contribution in [-0.4, -0.2) is 24.8 Å². The van der Waals surface area contributed by atoms with E-state index in [0.717, 1.165) is 12.3 Å². The fourth-order valence-electron chi connectivity index (χ4n) is 1.39. The summed E-state index contributed by atoms with van der Waals surface area (Å²) in [5, 5.41) is 3.41. The Labute approximate surface area is 107 Å². The number of halogens is 2. The van der Waals surface area contributed by atoms with Crippen molar-refractivity contribution in [2.75, 3.05) is 6.26 Å². The molecule has 2 rings (SSSR count). The van der Waals surface area contributed by atoms with Gasteiger partial charge in [-0.25, -0.2) is 17.2 Å². The van der Waals surface area contributed by atoms with Crippen LogP contribution in [0.3, 0.4) is 0 Å². The fourth-order valence-corrected chi connectivity index (χ4v) is 2.04. The summed E-state index contributed by atoms with van der Waals surface area (Å²) in [7, 11) is -3.69. The molecule has 2 N–H and O–H groups in total. The van der Waals surface area contributed by atoms with Gasteiger partial charge in [-0.05, 0) is 12.1 Å². The minimum atomic E-state index is -3.69. The third-order valence-corrected chi connectivity index (χ3v) is 3.41. The van der Waals surface area contributed by atoms with Gasteiger partial charge in [0.1, 0.15) is 0 Å². The lowest BCUT2D eigenvalue weighted by Gasteiger charge is -2.03. The zero-order valence-electron chi connectivity index (χ0n) is 9.72. The van der Waals surface area contributed by atoms with Crippen LogP contribution < -0.4 is 5.73 Å². The Balaban J connectivity index is 2.65.